The third-order valence-corrected chi connectivity index (χ3v) is 4.02. The van der Waals surface area contributed by atoms with Crippen molar-refractivity contribution < 1.29 is 0 Å². The molecular formula is C16H14N2S. The van der Waals surface area contributed by atoms with Crippen molar-refractivity contribution in [1.82, 2.24) is 9.97 Å². The SMILES string of the molecule is Cc1cccc(-c2ccc(-c3cccc(C)n3)s2)n1. The minimum Gasteiger partial charge on any atom is -0.252 e. The van der Waals surface area contributed by atoms with Gasteiger partial charge in [-0.05, 0) is 50.2 Å². The molecule has 0 aliphatic rings. The average Bonchev–Trinajstić information content (AvgIpc) is 2.88. The average molecular weight is 266 g/mol. The zero-order valence-electron chi connectivity index (χ0n) is 10.9. The lowest BCUT2D eigenvalue weighted by atomic mass is 10.2. The molecule has 0 aliphatic heterocycles. The molecule has 0 saturated carbocycles. The molecule has 0 saturated heterocycles. The Morgan fingerprint density at radius 2 is 1.16 bits per heavy atom. The summed E-state index contributed by atoms with van der Waals surface area (Å²) in [6, 6.07) is 16.4. The van der Waals surface area contributed by atoms with E-state index < -0.39 is 0 Å². The topological polar surface area (TPSA) is 25.8 Å². The predicted molar refractivity (Wildman–Crippen MR) is 80.3 cm³/mol. The van der Waals surface area contributed by atoms with Crippen LogP contribution in [0.1, 0.15) is 11.4 Å². The Labute approximate surface area is 116 Å². The predicted octanol–water partition coefficient (Wildman–Crippen LogP) is 4.49. The minimum atomic E-state index is 1.03. The van der Waals surface area contributed by atoms with Crippen LogP contribution in [0.15, 0.2) is 48.5 Å². The molecule has 0 aliphatic carbocycles. The van der Waals surface area contributed by atoms with E-state index >= 15 is 0 Å². The lowest BCUT2D eigenvalue weighted by Crippen LogP contribution is -1.83. The van der Waals surface area contributed by atoms with Crippen molar-refractivity contribution in [2.75, 3.05) is 0 Å². The zero-order chi connectivity index (χ0) is 13.2. The Hall–Kier alpha value is -2.00. The van der Waals surface area contributed by atoms with Crippen LogP contribution in [0, 0.1) is 13.8 Å². The maximum absolute atomic E-state index is 4.56. The molecule has 3 heteroatoms. The van der Waals surface area contributed by atoms with Crippen molar-refractivity contribution >= 4 is 11.3 Å². The summed E-state index contributed by atoms with van der Waals surface area (Å²) in [6.45, 7) is 4.03. The van der Waals surface area contributed by atoms with Crippen LogP contribution in [-0.2, 0) is 0 Å². The fourth-order valence-electron chi connectivity index (χ4n) is 1.97. The van der Waals surface area contributed by atoms with E-state index in [1.54, 1.807) is 11.3 Å². The van der Waals surface area contributed by atoms with Crippen LogP contribution in [0.4, 0.5) is 0 Å². The van der Waals surface area contributed by atoms with Crippen LogP contribution in [0.25, 0.3) is 21.1 Å². The van der Waals surface area contributed by atoms with E-state index in [4.69, 9.17) is 0 Å². The van der Waals surface area contributed by atoms with Gasteiger partial charge in [0.2, 0.25) is 0 Å². The van der Waals surface area contributed by atoms with Gasteiger partial charge in [0.05, 0.1) is 21.1 Å². The maximum Gasteiger partial charge on any atom is 0.0805 e. The number of rotatable bonds is 2. The highest BCUT2D eigenvalue weighted by atomic mass is 32.1. The molecule has 94 valence electrons. The first-order valence-corrected chi connectivity index (χ1v) is 7.02. The van der Waals surface area contributed by atoms with Gasteiger partial charge in [0.1, 0.15) is 0 Å². The molecular weight excluding hydrogens is 252 g/mol. The minimum absolute atomic E-state index is 1.03. The van der Waals surface area contributed by atoms with Gasteiger partial charge in [-0.25, -0.2) is 0 Å². The molecule has 0 spiro atoms. The van der Waals surface area contributed by atoms with Crippen molar-refractivity contribution in [3.63, 3.8) is 0 Å². The first kappa shape index (κ1) is 12.1. The zero-order valence-corrected chi connectivity index (χ0v) is 11.7. The second-order valence-corrected chi connectivity index (χ2v) is 5.58. The molecule has 0 fully saturated rings. The van der Waals surface area contributed by atoms with Gasteiger partial charge in [-0.1, -0.05) is 12.1 Å². The highest BCUT2D eigenvalue weighted by Gasteiger charge is 2.07. The second kappa shape index (κ2) is 4.94. The van der Waals surface area contributed by atoms with Gasteiger partial charge in [-0.2, -0.15) is 0 Å². The molecule has 0 bridgehead atoms. The van der Waals surface area contributed by atoms with E-state index in [-0.39, 0.29) is 0 Å². The summed E-state index contributed by atoms with van der Waals surface area (Å²) >= 11 is 1.73. The number of aromatic nitrogens is 2. The molecule has 3 heterocycles. The smallest absolute Gasteiger partial charge is 0.0805 e. The normalized spacial score (nSPS) is 10.6. The highest BCUT2D eigenvalue weighted by molar-refractivity contribution is 7.18. The summed E-state index contributed by atoms with van der Waals surface area (Å²) in [6.07, 6.45) is 0. The van der Waals surface area contributed by atoms with Gasteiger partial charge >= 0.3 is 0 Å². The molecule has 3 rings (SSSR count). The number of hydrogen-bond acceptors (Lipinski definition) is 3. The lowest BCUT2D eigenvalue weighted by Gasteiger charge is -1.99. The van der Waals surface area contributed by atoms with E-state index in [0.29, 0.717) is 0 Å². The van der Waals surface area contributed by atoms with Gasteiger partial charge in [0, 0.05) is 11.4 Å². The number of thiophene rings is 1. The maximum atomic E-state index is 4.56. The standard InChI is InChI=1S/C16H14N2S/c1-11-5-3-7-13(17-11)15-9-10-16(19-15)14-8-4-6-12(2)18-14/h3-10H,1-2H3. The lowest BCUT2D eigenvalue weighted by molar-refractivity contribution is 1.21. The van der Waals surface area contributed by atoms with Crippen molar-refractivity contribution in [2.45, 2.75) is 13.8 Å². The monoisotopic (exact) mass is 266 g/mol. The van der Waals surface area contributed by atoms with Gasteiger partial charge in [0.25, 0.3) is 0 Å². The summed E-state index contributed by atoms with van der Waals surface area (Å²) in [5, 5.41) is 0. The Balaban J connectivity index is 2.00. The van der Waals surface area contributed by atoms with Gasteiger partial charge < -0.3 is 0 Å². The molecule has 0 N–H and O–H groups in total. The molecule has 3 aromatic heterocycles. The Bertz CT molecular complexity index is 656. The molecule has 0 unspecified atom stereocenters. The summed E-state index contributed by atoms with van der Waals surface area (Å²) in [5.41, 5.74) is 4.15. The number of nitrogens with zero attached hydrogens (tertiary/aromatic N) is 2. The third kappa shape index (κ3) is 2.56. The van der Waals surface area contributed by atoms with Gasteiger partial charge in [0.15, 0.2) is 0 Å². The van der Waals surface area contributed by atoms with E-state index in [0.717, 1.165) is 22.8 Å². The number of pyridine rings is 2. The number of hydrogen-bond donors (Lipinski definition) is 0. The first-order valence-electron chi connectivity index (χ1n) is 6.20. The fourth-order valence-corrected chi connectivity index (χ4v) is 2.92. The van der Waals surface area contributed by atoms with Gasteiger partial charge in [-0.3, -0.25) is 9.97 Å². The Morgan fingerprint density at radius 3 is 1.58 bits per heavy atom. The quantitative estimate of drug-likeness (QED) is 0.683. The first-order chi connectivity index (χ1) is 9.22. The van der Waals surface area contributed by atoms with Crippen LogP contribution in [0.3, 0.4) is 0 Å². The van der Waals surface area contributed by atoms with Crippen molar-refractivity contribution in [3.8, 4) is 21.1 Å². The van der Waals surface area contributed by atoms with Crippen LogP contribution in [-0.4, -0.2) is 9.97 Å². The molecule has 0 radical (unpaired) electrons. The van der Waals surface area contributed by atoms with Crippen molar-refractivity contribution in [3.05, 3.63) is 59.9 Å². The van der Waals surface area contributed by atoms with E-state index in [2.05, 4.69) is 22.1 Å². The third-order valence-electron chi connectivity index (χ3n) is 2.89. The van der Waals surface area contributed by atoms with Crippen molar-refractivity contribution in [2.24, 2.45) is 0 Å². The Kier molecular flexibility index (Phi) is 3.13. The highest BCUT2D eigenvalue weighted by Crippen LogP contribution is 2.32. The summed E-state index contributed by atoms with van der Waals surface area (Å²) in [4.78, 5) is 11.5. The van der Waals surface area contributed by atoms with E-state index in [9.17, 15) is 0 Å². The molecule has 0 amide bonds. The summed E-state index contributed by atoms with van der Waals surface area (Å²) in [7, 11) is 0. The summed E-state index contributed by atoms with van der Waals surface area (Å²) in [5.74, 6) is 0. The van der Waals surface area contributed by atoms with Crippen LogP contribution in [0.2, 0.25) is 0 Å². The van der Waals surface area contributed by atoms with Crippen LogP contribution >= 0.6 is 11.3 Å². The number of aryl methyl sites for hydroxylation is 2. The van der Waals surface area contributed by atoms with E-state index in [1.165, 1.54) is 9.75 Å². The van der Waals surface area contributed by atoms with E-state index in [1.807, 2.05) is 50.2 Å². The molecule has 19 heavy (non-hydrogen) atoms. The molecule has 0 aromatic carbocycles. The second-order valence-electron chi connectivity index (χ2n) is 4.49. The molecule has 0 atom stereocenters. The van der Waals surface area contributed by atoms with Gasteiger partial charge in [-0.15, -0.1) is 11.3 Å². The fraction of sp³-hybridized carbons (Fsp3) is 0.125. The van der Waals surface area contributed by atoms with Crippen LogP contribution < -0.4 is 0 Å². The van der Waals surface area contributed by atoms with Crippen molar-refractivity contribution in [1.29, 1.82) is 0 Å². The summed E-state index contributed by atoms with van der Waals surface area (Å²) < 4.78 is 0. The van der Waals surface area contributed by atoms with Crippen LogP contribution in [0.5, 0.6) is 0 Å². The largest absolute Gasteiger partial charge is 0.252 e. The Morgan fingerprint density at radius 1 is 0.684 bits per heavy atom. The molecule has 2 nitrogen and oxygen atoms in total. The molecule has 3 aromatic rings.